The third-order valence-electron chi connectivity index (χ3n) is 7.34. The van der Waals surface area contributed by atoms with Crippen molar-refractivity contribution in [2.75, 3.05) is 132 Å². The Morgan fingerprint density at radius 1 is 0.508 bits per heavy atom. The average Bonchev–Trinajstić information content (AvgIpc) is 3.25. The quantitative estimate of drug-likeness (QED) is 0.0234. The molecule has 0 bridgehead atoms. The zero-order valence-corrected chi connectivity index (χ0v) is 34.9. The topological polar surface area (TPSA) is 297 Å². The molecule has 0 radical (unpaired) electrons. The Labute approximate surface area is 354 Å². The maximum atomic E-state index is 12.3. The Morgan fingerprint density at radius 3 is 1.21 bits per heavy atom. The smallest absolute Gasteiger partial charge is 0.335 e. The summed E-state index contributed by atoms with van der Waals surface area (Å²) >= 11 is 0. The molecule has 0 aromatic heterocycles. The predicted molar refractivity (Wildman–Crippen MR) is 214 cm³/mol. The summed E-state index contributed by atoms with van der Waals surface area (Å²) < 4.78 is 65.1. The number of carbonyl (C=O) groups excluding carboxylic acids is 3. The Morgan fingerprint density at radius 2 is 0.852 bits per heavy atom. The second-order valence-electron chi connectivity index (χ2n) is 12.2. The van der Waals surface area contributed by atoms with Gasteiger partial charge in [0.2, 0.25) is 5.75 Å². The molecule has 0 aliphatic rings. The number of nitrogens with zero attached hydrogens (tertiary/aromatic N) is 6. The molecular weight excluding hydrogens is 812 g/mol. The number of ether oxygens (including phenoxy) is 12. The minimum Gasteiger partial charge on any atom is -0.490 e. The fourth-order valence-corrected chi connectivity index (χ4v) is 4.52. The second kappa shape index (κ2) is 39.0. The van der Waals surface area contributed by atoms with E-state index in [1.165, 1.54) is 12.1 Å². The van der Waals surface area contributed by atoms with E-state index in [2.05, 4.69) is 20.1 Å². The van der Waals surface area contributed by atoms with Crippen LogP contribution in [-0.4, -0.2) is 161 Å². The SMILES string of the molecule is CCCOCCOCCOC(=O)CCCOc1c(OCCCC(=O)OCCOCCOCCN=[N+]=[N-])cc(C(=O)O)cc1OCCCC(=O)OCCOCCOCCN=[N+]=[N-]. The van der Waals surface area contributed by atoms with Crippen molar-refractivity contribution >= 4 is 23.9 Å². The van der Waals surface area contributed by atoms with Crippen LogP contribution in [-0.2, 0) is 57.0 Å². The number of azide groups is 2. The molecule has 1 rings (SSSR count). The van der Waals surface area contributed by atoms with E-state index in [0.717, 1.165) is 6.42 Å². The molecule has 23 heteroatoms. The van der Waals surface area contributed by atoms with Crippen molar-refractivity contribution in [3.8, 4) is 17.2 Å². The summed E-state index contributed by atoms with van der Waals surface area (Å²) in [5, 5.41) is 16.5. The number of hydrogen-bond donors (Lipinski definition) is 1. The van der Waals surface area contributed by atoms with Crippen LogP contribution in [0.2, 0.25) is 0 Å². The molecule has 0 fully saturated rings. The third kappa shape index (κ3) is 31.4. The molecular formula is C38H60N6O17. The summed E-state index contributed by atoms with van der Waals surface area (Å²) in [7, 11) is 0. The van der Waals surface area contributed by atoms with E-state index in [1.807, 2.05) is 6.92 Å². The van der Waals surface area contributed by atoms with E-state index in [1.54, 1.807) is 0 Å². The summed E-state index contributed by atoms with van der Waals surface area (Å²) in [6.07, 6.45) is 1.60. The third-order valence-corrected chi connectivity index (χ3v) is 7.34. The van der Waals surface area contributed by atoms with Gasteiger partial charge in [-0.15, -0.1) is 0 Å². The van der Waals surface area contributed by atoms with Crippen LogP contribution in [0, 0.1) is 0 Å². The number of aromatic carboxylic acids is 1. The Kier molecular flexibility index (Phi) is 34.5. The van der Waals surface area contributed by atoms with Crippen molar-refractivity contribution in [2.24, 2.45) is 10.2 Å². The molecule has 0 aliphatic carbocycles. The molecule has 1 aromatic rings. The molecule has 0 spiro atoms. The van der Waals surface area contributed by atoms with Gasteiger partial charge in [-0.1, -0.05) is 17.2 Å². The maximum Gasteiger partial charge on any atom is 0.335 e. The first kappa shape index (κ1) is 53.9. The van der Waals surface area contributed by atoms with Gasteiger partial charge in [-0.05, 0) is 48.9 Å². The van der Waals surface area contributed by atoms with Crippen molar-refractivity contribution in [3.63, 3.8) is 0 Å². The molecule has 0 atom stereocenters. The number of benzene rings is 1. The van der Waals surface area contributed by atoms with Gasteiger partial charge in [0.25, 0.3) is 0 Å². The molecule has 0 aliphatic heterocycles. The fourth-order valence-electron chi connectivity index (χ4n) is 4.52. The predicted octanol–water partition coefficient (Wildman–Crippen LogP) is 4.62. The Balaban J connectivity index is 2.69. The lowest BCUT2D eigenvalue weighted by molar-refractivity contribution is -0.146. The highest BCUT2D eigenvalue weighted by Crippen LogP contribution is 2.39. The van der Waals surface area contributed by atoms with Crippen molar-refractivity contribution in [1.29, 1.82) is 0 Å². The van der Waals surface area contributed by atoms with Crippen LogP contribution in [0.3, 0.4) is 0 Å². The molecule has 1 aromatic carbocycles. The largest absolute Gasteiger partial charge is 0.490 e. The van der Waals surface area contributed by atoms with Crippen LogP contribution < -0.4 is 14.2 Å². The van der Waals surface area contributed by atoms with Gasteiger partial charge >= 0.3 is 23.9 Å². The normalized spacial score (nSPS) is 10.6. The molecule has 1 N–H and O–H groups in total. The lowest BCUT2D eigenvalue weighted by Crippen LogP contribution is -2.15. The number of hydrogen-bond acceptors (Lipinski definition) is 18. The first-order chi connectivity index (χ1) is 29.8. The van der Waals surface area contributed by atoms with Gasteiger partial charge in [0, 0.05) is 48.8 Å². The van der Waals surface area contributed by atoms with E-state index in [0.29, 0.717) is 33.0 Å². The van der Waals surface area contributed by atoms with Gasteiger partial charge in [-0.25, -0.2) is 4.79 Å². The van der Waals surface area contributed by atoms with E-state index in [4.69, 9.17) is 67.9 Å². The van der Waals surface area contributed by atoms with Crippen LogP contribution in [0.25, 0.3) is 20.9 Å². The van der Waals surface area contributed by atoms with Crippen LogP contribution in [0.15, 0.2) is 22.4 Å². The van der Waals surface area contributed by atoms with Crippen molar-refractivity contribution in [2.45, 2.75) is 51.9 Å². The highest BCUT2D eigenvalue weighted by molar-refractivity contribution is 5.89. The molecule has 0 heterocycles. The van der Waals surface area contributed by atoms with E-state index >= 15 is 0 Å². The molecule has 344 valence electrons. The van der Waals surface area contributed by atoms with E-state index in [-0.39, 0.29) is 160 Å². The molecule has 0 saturated carbocycles. The summed E-state index contributed by atoms with van der Waals surface area (Å²) in [4.78, 5) is 54.1. The van der Waals surface area contributed by atoms with Gasteiger partial charge in [0.05, 0.1) is 98.1 Å². The standard InChI is InChI=1S/C38H60N6O17/c1-2-11-50-17-20-53-23-26-60-36(47)8-5-14-61-37-32(56-12-3-6-34(45)58-27-24-54-21-18-51-15-9-41-43-39)29-31(38(48)49)30-33(37)57-13-4-7-35(46)59-28-25-55-22-19-52-16-10-42-44-40/h29-30H,2-28H2,1H3,(H,48,49). The highest BCUT2D eigenvalue weighted by Gasteiger charge is 2.20. The van der Waals surface area contributed by atoms with Crippen molar-refractivity contribution in [1.82, 2.24) is 0 Å². The Hall–Kier alpha value is -5.12. The number of carbonyl (C=O) groups is 4. The summed E-state index contributed by atoms with van der Waals surface area (Å²) in [5.74, 6) is -2.58. The lowest BCUT2D eigenvalue weighted by Gasteiger charge is -2.18. The summed E-state index contributed by atoms with van der Waals surface area (Å²) in [6.45, 7) is 6.27. The van der Waals surface area contributed by atoms with Crippen molar-refractivity contribution in [3.05, 3.63) is 38.6 Å². The van der Waals surface area contributed by atoms with Gasteiger partial charge < -0.3 is 61.9 Å². The minimum atomic E-state index is -1.27. The number of carboxylic acid groups (broad SMARTS) is 1. The van der Waals surface area contributed by atoms with E-state index in [9.17, 15) is 24.3 Å². The van der Waals surface area contributed by atoms with Crippen LogP contribution >= 0.6 is 0 Å². The van der Waals surface area contributed by atoms with Gasteiger partial charge in [0.1, 0.15) is 19.8 Å². The molecule has 0 unspecified atom stereocenters. The summed E-state index contributed by atoms with van der Waals surface area (Å²) in [5.41, 5.74) is 16.3. The van der Waals surface area contributed by atoms with Crippen LogP contribution in [0.4, 0.5) is 0 Å². The van der Waals surface area contributed by atoms with Gasteiger partial charge in [-0.2, -0.15) is 0 Å². The van der Waals surface area contributed by atoms with Gasteiger partial charge in [-0.3, -0.25) is 14.4 Å². The Bertz CT molecular complexity index is 1380. The van der Waals surface area contributed by atoms with Gasteiger partial charge in [0.15, 0.2) is 11.5 Å². The maximum absolute atomic E-state index is 12.3. The lowest BCUT2D eigenvalue weighted by atomic mass is 10.1. The van der Waals surface area contributed by atoms with Crippen LogP contribution in [0.1, 0.15) is 62.2 Å². The number of esters is 3. The molecule has 0 amide bonds. The zero-order chi connectivity index (χ0) is 44.4. The average molecular weight is 873 g/mol. The monoisotopic (exact) mass is 872 g/mol. The fraction of sp³-hybridized carbons (Fsp3) is 0.737. The second-order valence-corrected chi connectivity index (χ2v) is 12.2. The highest BCUT2D eigenvalue weighted by atomic mass is 16.6. The molecule has 23 nitrogen and oxygen atoms in total. The number of carboxylic acids is 1. The van der Waals surface area contributed by atoms with E-state index < -0.39 is 23.9 Å². The minimum absolute atomic E-state index is 0.00272. The zero-order valence-electron chi connectivity index (χ0n) is 34.9. The summed E-state index contributed by atoms with van der Waals surface area (Å²) in [6, 6.07) is 2.52. The van der Waals surface area contributed by atoms with Crippen LogP contribution in [0.5, 0.6) is 17.2 Å². The molecule has 61 heavy (non-hydrogen) atoms. The van der Waals surface area contributed by atoms with Crippen molar-refractivity contribution < 1.29 is 81.1 Å². The number of rotatable bonds is 42. The first-order valence-corrected chi connectivity index (χ1v) is 20.1. The first-order valence-electron chi connectivity index (χ1n) is 20.1. The molecule has 0 saturated heterocycles.